The normalized spacial score (nSPS) is 26.0. The topological polar surface area (TPSA) is 60.5 Å². The maximum absolute atomic E-state index is 13.0. The molecular weight excluding hydrogens is 266 g/mol. The van der Waals surface area contributed by atoms with Crippen LogP contribution in [-0.4, -0.2) is 40.7 Å². The third-order valence-electron chi connectivity index (χ3n) is 4.64. The van der Waals surface area contributed by atoms with Crippen molar-refractivity contribution in [2.45, 2.75) is 57.7 Å². The van der Waals surface area contributed by atoms with Gasteiger partial charge in [-0.3, -0.25) is 4.79 Å². The number of nitrogens with zero attached hydrogens (tertiary/aromatic N) is 2. The smallest absolute Gasteiger partial charge is 0.270 e. The van der Waals surface area contributed by atoms with Gasteiger partial charge < -0.3 is 19.9 Å². The number of morpholine rings is 1. The van der Waals surface area contributed by atoms with Gasteiger partial charge in [0.25, 0.3) is 5.91 Å². The van der Waals surface area contributed by atoms with E-state index in [9.17, 15) is 4.79 Å². The molecule has 0 aromatic carbocycles. The van der Waals surface area contributed by atoms with Crippen molar-refractivity contribution in [1.29, 1.82) is 0 Å². The second-order valence-electron chi connectivity index (χ2n) is 6.42. The summed E-state index contributed by atoms with van der Waals surface area (Å²) in [5.41, 5.74) is 7.26. The Bertz CT molecular complexity index is 522. The molecule has 2 heterocycles. The van der Waals surface area contributed by atoms with Crippen LogP contribution in [0.5, 0.6) is 0 Å². The molecule has 2 N–H and O–H groups in total. The predicted octanol–water partition coefficient (Wildman–Crippen LogP) is 2.43. The second-order valence-corrected chi connectivity index (χ2v) is 6.42. The first kappa shape index (κ1) is 14.4. The van der Waals surface area contributed by atoms with E-state index in [0.29, 0.717) is 24.5 Å². The Balaban J connectivity index is 1.87. The summed E-state index contributed by atoms with van der Waals surface area (Å²) in [5.74, 6) is 0.0978. The lowest BCUT2D eigenvalue weighted by molar-refractivity contribution is -0.0755. The molecule has 2 aliphatic rings. The molecule has 1 aliphatic carbocycles. The fraction of sp³-hybridized carbons (Fsp3) is 0.688. The van der Waals surface area contributed by atoms with E-state index in [1.807, 2.05) is 15.7 Å². The molecule has 116 valence electrons. The average molecular weight is 291 g/mol. The van der Waals surface area contributed by atoms with Crippen LogP contribution in [0.15, 0.2) is 12.3 Å². The van der Waals surface area contributed by atoms with Crippen LogP contribution < -0.4 is 5.73 Å². The van der Waals surface area contributed by atoms with E-state index in [0.717, 1.165) is 12.8 Å². The van der Waals surface area contributed by atoms with Gasteiger partial charge in [-0.25, -0.2) is 0 Å². The van der Waals surface area contributed by atoms with Crippen molar-refractivity contribution in [3.63, 3.8) is 0 Å². The van der Waals surface area contributed by atoms with Gasteiger partial charge in [0.2, 0.25) is 0 Å². The zero-order valence-electron chi connectivity index (χ0n) is 12.9. The number of hydrogen-bond acceptors (Lipinski definition) is 3. The Kier molecular flexibility index (Phi) is 3.93. The predicted molar refractivity (Wildman–Crippen MR) is 82.3 cm³/mol. The van der Waals surface area contributed by atoms with E-state index in [1.165, 1.54) is 12.8 Å². The van der Waals surface area contributed by atoms with Crippen molar-refractivity contribution < 1.29 is 9.53 Å². The van der Waals surface area contributed by atoms with Crippen molar-refractivity contribution in [3.8, 4) is 0 Å². The van der Waals surface area contributed by atoms with Crippen LogP contribution in [0, 0.1) is 0 Å². The quantitative estimate of drug-likeness (QED) is 0.910. The summed E-state index contributed by atoms with van der Waals surface area (Å²) in [6.07, 6.45) is 6.59. The van der Waals surface area contributed by atoms with E-state index in [-0.39, 0.29) is 24.1 Å². The molecule has 2 fully saturated rings. The molecule has 2 unspecified atom stereocenters. The van der Waals surface area contributed by atoms with Gasteiger partial charge in [-0.05, 0) is 32.8 Å². The zero-order valence-corrected chi connectivity index (χ0v) is 12.9. The molecule has 1 saturated carbocycles. The fourth-order valence-electron chi connectivity index (χ4n) is 3.59. The molecule has 5 nitrogen and oxygen atoms in total. The van der Waals surface area contributed by atoms with Crippen LogP contribution in [0.3, 0.4) is 0 Å². The van der Waals surface area contributed by atoms with Crippen LogP contribution in [0.2, 0.25) is 0 Å². The average Bonchev–Trinajstić information content (AvgIpc) is 2.88. The Hall–Kier alpha value is -1.49. The zero-order chi connectivity index (χ0) is 15.0. The summed E-state index contributed by atoms with van der Waals surface area (Å²) < 4.78 is 7.83. The van der Waals surface area contributed by atoms with Gasteiger partial charge in [-0.15, -0.1) is 0 Å². The molecule has 0 radical (unpaired) electrons. The molecule has 0 bridgehead atoms. The van der Waals surface area contributed by atoms with Crippen molar-refractivity contribution >= 4 is 11.6 Å². The second kappa shape index (κ2) is 5.72. The molecule has 1 saturated heterocycles. The number of nitrogen functional groups attached to an aromatic ring is 1. The lowest BCUT2D eigenvalue weighted by Crippen LogP contribution is -2.55. The van der Waals surface area contributed by atoms with E-state index in [2.05, 4.69) is 13.8 Å². The molecule has 2 atom stereocenters. The summed E-state index contributed by atoms with van der Waals surface area (Å²) in [5, 5.41) is 0. The highest BCUT2D eigenvalue weighted by molar-refractivity contribution is 5.94. The molecule has 5 heteroatoms. The maximum atomic E-state index is 13.0. The lowest BCUT2D eigenvalue weighted by Gasteiger charge is -2.43. The van der Waals surface area contributed by atoms with Crippen molar-refractivity contribution in [2.75, 3.05) is 18.9 Å². The molecule has 21 heavy (non-hydrogen) atoms. The molecule has 0 spiro atoms. The maximum Gasteiger partial charge on any atom is 0.270 e. The van der Waals surface area contributed by atoms with Gasteiger partial charge in [-0.1, -0.05) is 12.8 Å². The third kappa shape index (κ3) is 2.67. The highest BCUT2D eigenvalue weighted by atomic mass is 16.5. The number of amides is 1. The standard InChI is InChI=1S/C16H25N3O2/c1-11(2)19-10-12(17)9-14(19)16(20)18-7-8-21-15-6-4-3-5-13(15)18/h9-11,13,15H,3-8,17H2,1-2H3. The minimum Gasteiger partial charge on any atom is -0.397 e. The SMILES string of the molecule is CC(C)n1cc(N)cc1C(=O)N1CCOC2CCCCC21. The van der Waals surface area contributed by atoms with Gasteiger partial charge in [-0.2, -0.15) is 0 Å². The molecular formula is C16H25N3O2. The summed E-state index contributed by atoms with van der Waals surface area (Å²) in [4.78, 5) is 15.0. The third-order valence-corrected chi connectivity index (χ3v) is 4.64. The van der Waals surface area contributed by atoms with E-state index in [1.54, 1.807) is 6.07 Å². The van der Waals surface area contributed by atoms with E-state index < -0.39 is 0 Å². The van der Waals surface area contributed by atoms with Crippen LogP contribution in [0.25, 0.3) is 0 Å². The number of carbonyl (C=O) groups excluding carboxylic acids is 1. The van der Waals surface area contributed by atoms with Gasteiger partial charge >= 0.3 is 0 Å². The highest BCUT2D eigenvalue weighted by Gasteiger charge is 2.37. The molecule has 1 aliphatic heterocycles. The van der Waals surface area contributed by atoms with Gasteiger partial charge in [0.1, 0.15) is 5.69 Å². The molecule has 3 rings (SSSR count). The van der Waals surface area contributed by atoms with Gasteiger partial charge in [0, 0.05) is 18.8 Å². The minimum absolute atomic E-state index is 0.0978. The Labute approximate surface area is 126 Å². The molecule has 1 amide bonds. The summed E-state index contributed by atoms with van der Waals surface area (Å²) in [7, 11) is 0. The number of nitrogens with two attached hydrogens (primary N) is 1. The van der Waals surface area contributed by atoms with E-state index >= 15 is 0 Å². The first-order valence-electron chi connectivity index (χ1n) is 7.98. The Morgan fingerprint density at radius 2 is 2.14 bits per heavy atom. The van der Waals surface area contributed by atoms with Crippen LogP contribution >= 0.6 is 0 Å². The molecule has 1 aromatic heterocycles. The number of rotatable bonds is 2. The summed E-state index contributed by atoms with van der Waals surface area (Å²) in [6.45, 7) is 5.46. The fourth-order valence-corrected chi connectivity index (χ4v) is 3.59. The number of fused-ring (bicyclic) bond motifs is 1. The van der Waals surface area contributed by atoms with Crippen molar-refractivity contribution in [3.05, 3.63) is 18.0 Å². The number of anilines is 1. The number of ether oxygens (including phenoxy) is 1. The van der Waals surface area contributed by atoms with Gasteiger partial charge in [0.15, 0.2) is 0 Å². The number of aromatic nitrogens is 1. The van der Waals surface area contributed by atoms with Crippen LogP contribution in [0.1, 0.15) is 56.1 Å². The summed E-state index contributed by atoms with van der Waals surface area (Å²) >= 11 is 0. The number of hydrogen-bond donors (Lipinski definition) is 1. The largest absolute Gasteiger partial charge is 0.397 e. The van der Waals surface area contributed by atoms with Crippen LogP contribution in [-0.2, 0) is 4.74 Å². The highest BCUT2D eigenvalue weighted by Crippen LogP contribution is 2.30. The van der Waals surface area contributed by atoms with Crippen molar-refractivity contribution in [2.24, 2.45) is 0 Å². The van der Waals surface area contributed by atoms with E-state index in [4.69, 9.17) is 10.5 Å². The van der Waals surface area contributed by atoms with Crippen LogP contribution in [0.4, 0.5) is 5.69 Å². The Morgan fingerprint density at radius 1 is 1.38 bits per heavy atom. The number of carbonyl (C=O) groups is 1. The molecule has 1 aromatic rings. The first-order chi connectivity index (χ1) is 10.1. The summed E-state index contributed by atoms with van der Waals surface area (Å²) in [6, 6.07) is 2.26. The monoisotopic (exact) mass is 291 g/mol. The first-order valence-corrected chi connectivity index (χ1v) is 7.98. The lowest BCUT2D eigenvalue weighted by atomic mass is 9.90. The minimum atomic E-state index is 0.0978. The Morgan fingerprint density at radius 3 is 2.90 bits per heavy atom. The van der Waals surface area contributed by atoms with Crippen molar-refractivity contribution in [1.82, 2.24) is 9.47 Å². The van der Waals surface area contributed by atoms with Gasteiger partial charge in [0.05, 0.1) is 24.4 Å².